The Bertz CT molecular complexity index is 461. The number of hydrogen-bond donors (Lipinski definition) is 2. The van der Waals surface area contributed by atoms with Gasteiger partial charge in [-0.2, -0.15) is 0 Å². The first-order valence-electron chi connectivity index (χ1n) is 6.80. The Labute approximate surface area is 106 Å². The molecular formula is C13H19N3O2. The highest BCUT2D eigenvalue weighted by Gasteiger charge is 2.28. The number of hydrogen-bond acceptors (Lipinski definition) is 3. The molecule has 5 nitrogen and oxygen atoms in total. The Morgan fingerprint density at radius 1 is 1.33 bits per heavy atom. The first-order chi connectivity index (χ1) is 8.77. The van der Waals surface area contributed by atoms with E-state index in [4.69, 9.17) is 0 Å². The Kier molecular flexibility index (Phi) is 3.07. The third-order valence-corrected chi connectivity index (χ3v) is 4.08. The van der Waals surface area contributed by atoms with Gasteiger partial charge in [-0.05, 0) is 12.8 Å². The highest BCUT2D eigenvalue weighted by atomic mass is 16.4. The number of aromatic carboxylic acids is 1. The molecule has 2 aliphatic rings. The zero-order valence-electron chi connectivity index (χ0n) is 10.5. The van der Waals surface area contributed by atoms with Crippen molar-refractivity contribution >= 4 is 5.97 Å². The van der Waals surface area contributed by atoms with Crippen LogP contribution in [-0.2, 0) is 13.1 Å². The molecule has 0 saturated heterocycles. The van der Waals surface area contributed by atoms with E-state index in [1.807, 2.05) is 0 Å². The number of imidazole rings is 1. The van der Waals surface area contributed by atoms with Crippen LogP contribution < -0.4 is 5.32 Å². The summed E-state index contributed by atoms with van der Waals surface area (Å²) in [6.07, 6.45) is 6.10. The highest BCUT2D eigenvalue weighted by molar-refractivity contribution is 5.87. The smallest absolute Gasteiger partial charge is 0.356 e. The van der Waals surface area contributed by atoms with E-state index in [2.05, 4.69) is 14.9 Å². The van der Waals surface area contributed by atoms with Gasteiger partial charge in [-0.1, -0.05) is 19.3 Å². The molecule has 0 amide bonds. The molecule has 1 aliphatic heterocycles. The summed E-state index contributed by atoms with van der Waals surface area (Å²) in [7, 11) is 0. The lowest BCUT2D eigenvalue weighted by Crippen LogP contribution is -2.30. The Morgan fingerprint density at radius 2 is 2.11 bits per heavy atom. The van der Waals surface area contributed by atoms with Crippen molar-refractivity contribution in [1.82, 2.24) is 14.9 Å². The van der Waals surface area contributed by atoms with Gasteiger partial charge in [0.1, 0.15) is 5.82 Å². The van der Waals surface area contributed by atoms with Crippen LogP contribution in [0.2, 0.25) is 0 Å². The number of rotatable bonds is 2. The lowest BCUT2D eigenvalue weighted by atomic mass is 9.88. The van der Waals surface area contributed by atoms with Gasteiger partial charge in [0.2, 0.25) is 0 Å². The molecule has 2 heterocycles. The maximum atomic E-state index is 11.3. The zero-order chi connectivity index (χ0) is 12.5. The summed E-state index contributed by atoms with van der Waals surface area (Å²) in [5, 5.41) is 12.5. The van der Waals surface area contributed by atoms with E-state index in [9.17, 15) is 9.90 Å². The van der Waals surface area contributed by atoms with Gasteiger partial charge in [-0.3, -0.25) is 0 Å². The van der Waals surface area contributed by atoms with Crippen molar-refractivity contribution in [1.29, 1.82) is 0 Å². The van der Waals surface area contributed by atoms with E-state index in [-0.39, 0.29) is 5.69 Å². The van der Waals surface area contributed by atoms with E-state index in [1.54, 1.807) is 0 Å². The zero-order valence-corrected chi connectivity index (χ0v) is 10.5. The molecule has 0 bridgehead atoms. The van der Waals surface area contributed by atoms with Crippen molar-refractivity contribution in [2.75, 3.05) is 6.54 Å². The second-order valence-corrected chi connectivity index (χ2v) is 5.23. The fraction of sp³-hybridized carbons (Fsp3) is 0.692. The second kappa shape index (κ2) is 4.72. The number of aromatic nitrogens is 2. The summed E-state index contributed by atoms with van der Waals surface area (Å²) in [6.45, 7) is 2.38. The minimum atomic E-state index is -0.899. The molecule has 0 unspecified atom stereocenters. The Hall–Kier alpha value is -1.36. The normalized spacial score (nSPS) is 20.7. The van der Waals surface area contributed by atoms with Gasteiger partial charge in [-0.15, -0.1) is 0 Å². The molecule has 0 spiro atoms. The average molecular weight is 249 g/mol. The maximum Gasteiger partial charge on any atom is 0.356 e. The second-order valence-electron chi connectivity index (χ2n) is 5.23. The van der Waals surface area contributed by atoms with Gasteiger partial charge in [0.25, 0.3) is 0 Å². The number of carbonyl (C=O) groups is 1. The van der Waals surface area contributed by atoms with Crippen molar-refractivity contribution < 1.29 is 9.90 Å². The quantitative estimate of drug-likeness (QED) is 0.837. The fourth-order valence-electron chi connectivity index (χ4n) is 3.18. The van der Waals surface area contributed by atoms with Crippen molar-refractivity contribution in [3.05, 3.63) is 17.2 Å². The predicted molar refractivity (Wildman–Crippen MR) is 66.7 cm³/mol. The van der Waals surface area contributed by atoms with E-state index in [0.29, 0.717) is 12.5 Å². The molecule has 1 aliphatic carbocycles. The lowest BCUT2D eigenvalue weighted by Gasteiger charge is -2.24. The fourth-order valence-corrected chi connectivity index (χ4v) is 3.18. The minimum absolute atomic E-state index is 0.253. The van der Waals surface area contributed by atoms with Crippen LogP contribution >= 0.6 is 0 Å². The number of carboxylic acid groups (broad SMARTS) is 1. The van der Waals surface area contributed by atoms with Crippen LogP contribution in [0.15, 0.2) is 0 Å². The topological polar surface area (TPSA) is 67.1 Å². The molecule has 2 N–H and O–H groups in total. The van der Waals surface area contributed by atoms with Crippen molar-refractivity contribution in [3.8, 4) is 0 Å². The molecule has 3 rings (SSSR count). The minimum Gasteiger partial charge on any atom is -0.476 e. The summed E-state index contributed by atoms with van der Waals surface area (Å²) in [5.41, 5.74) is 1.11. The summed E-state index contributed by atoms with van der Waals surface area (Å²) in [5.74, 6) is 0.580. The monoisotopic (exact) mass is 249 g/mol. The third kappa shape index (κ3) is 1.92. The van der Waals surface area contributed by atoms with Crippen LogP contribution in [-0.4, -0.2) is 27.2 Å². The van der Waals surface area contributed by atoms with Gasteiger partial charge in [0.05, 0.1) is 5.69 Å². The summed E-state index contributed by atoms with van der Waals surface area (Å²) >= 11 is 0. The first kappa shape index (κ1) is 11.7. The summed E-state index contributed by atoms with van der Waals surface area (Å²) in [6, 6.07) is 0. The SMILES string of the molecule is O=C(O)c1nc(C2CCCCC2)n2c1CNCC2. The summed E-state index contributed by atoms with van der Waals surface area (Å²) in [4.78, 5) is 15.7. The van der Waals surface area contributed by atoms with E-state index >= 15 is 0 Å². The molecule has 1 aromatic rings. The van der Waals surface area contributed by atoms with Gasteiger partial charge < -0.3 is 15.0 Å². The molecule has 18 heavy (non-hydrogen) atoms. The van der Waals surface area contributed by atoms with Crippen LogP contribution in [0.1, 0.15) is 60.0 Å². The van der Waals surface area contributed by atoms with Gasteiger partial charge in [0.15, 0.2) is 5.69 Å². The maximum absolute atomic E-state index is 11.3. The Balaban J connectivity index is 2.00. The van der Waals surface area contributed by atoms with Crippen LogP contribution in [0.3, 0.4) is 0 Å². The molecule has 0 atom stereocenters. The van der Waals surface area contributed by atoms with E-state index in [0.717, 1.165) is 37.4 Å². The molecule has 98 valence electrons. The number of nitrogens with zero attached hydrogens (tertiary/aromatic N) is 2. The van der Waals surface area contributed by atoms with Gasteiger partial charge >= 0.3 is 5.97 Å². The average Bonchev–Trinajstić information content (AvgIpc) is 2.79. The number of carboxylic acids is 1. The molecule has 1 fully saturated rings. The van der Waals surface area contributed by atoms with Crippen molar-refractivity contribution in [2.24, 2.45) is 0 Å². The van der Waals surface area contributed by atoms with Crippen LogP contribution in [0.5, 0.6) is 0 Å². The molecule has 0 aromatic carbocycles. The standard InChI is InChI=1S/C13H19N3O2/c17-13(18)11-10-8-14-6-7-16(10)12(15-11)9-4-2-1-3-5-9/h9,14H,1-8H2,(H,17,18). The summed E-state index contributed by atoms with van der Waals surface area (Å²) < 4.78 is 2.15. The van der Waals surface area contributed by atoms with Crippen molar-refractivity contribution in [2.45, 2.75) is 51.1 Å². The van der Waals surface area contributed by atoms with Crippen LogP contribution in [0.25, 0.3) is 0 Å². The molecule has 5 heteroatoms. The third-order valence-electron chi connectivity index (χ3n) is 4.08. The predicted octanol–water partition coefficient (Wildman–Crippen LogP) is 1.73. The largest absolute Gasteiger partial charge is 0.476 e. The molecule has 0 radical (unpaired) electrons. The van der Waals surface area contributed by atoms with Crippen LogP contribution in [0.4, 0.5) is 0 Å². The van der Waals surface area contributed by atoms with Crippen LogP contribution in [0, 0.1) is 0 Å². The first-order valence-corrected chi connectivity index (χ1v) is 6.80. The lowest BCUT2D eigenvalue weighted by molar-refractivity contribution is 0.0689. The van der Waals surface area contributed by atoms with E-state index < -0.39 is 5.97 Å². The number of nitrogens with one attached hydrogen (secondary N) is 1. The van der Waals surface area contributed by atoms with Gasteiger partial charge in [0, 0.05) is 25.6 Å². The highest BCUT2D eigenvalue weighted by Crippen LogP contribution is 2.33. The molecule has 1 saturated carbocycles. The van der Waals surface area contributed by atoms with E-state index in [1.165, 1.54) is 19.3 Å². The molecule has 1 aromatic heterocycles. The Morgan fingerprint density at radius 3 is 2.83 bits per heavy atom. The number of fused-ring (bicyclic) bond motifs is 1. The molecular weight excluding hydrogens is 230 g/mol. The van der Waals surface area contributed by atoms with Gasteiger partial charge in [-0.25, -0.2) is 9.78 Å². The van der Waals surface area contributed by atoms with Crippen molar-refractivity contribution in [3.63, 3.8) is 0 Å².